The van der Waals surface area contributed by atoms with E-state index in [2.05, 4.69) is 26.6 Å². The van der Waals surface area contributed by atoms with Crippen LogP contribution in [0.25, 0.3) is 0 Å². The molecule has 1 heterocycles. The fourth-order valence-corrected chi connectivity index (χ4v) is 1.69. The Morgan fingerprint density at radius 3 is 3.00 bits per heavy atom. The molecule has 1 aromatic rings. The molecule has 1 aliphatic carbocycles. The Labute approximate surface area is 103 Å². The second-order valence-electron chi connectivity index (χ2n) is 4.08. The predicted molar refractivity (Wildman–Crippen MR) is 63.9 cm³/mol. The minimum absolute atomic E-state index is 0.0604. The smallest absolute Gasteiger partial charge is 0.237 e. The van der Waals surface area contributed by atoms with Gasteiger partial charge in [0.25, 0.3) is 0 Å². The molecule has 5 heteroatoms. The van der Waals surface area contributed by atoms with Crippen LogP contribution in [0.2, 0.25) is 0 Å². The van der Waals surface area contributed by atoms with Crippen molar-refractivity contribution in [2.75, 3.05) is 0 Å². The average molecular weight is 287 g/mol. The van der Waals surface area contributed by atoms with E-state index in [9.17, 15) is 4.79 Å². The number of halogens is 1. The van der Waals surface area contributed by atoms with Gasteiger partial charge in [0.15, 0.2) is 0 Å². The number of amides is 1. The maximum Gasteiger partial charge on any atom is 0.237 e. The van der Waals surface area contributed by atoms with Gasteiger partial charge >= 0.3 is 0 Å². The van der Waals surface area contributed by atoms with Gasteiger partial charge in [-0.25, -0.2) is 0 Å². The fourth-order valence-electron chi connectivity index (χ4n) is 1.34. The van der Waals surface area contributed by atoms with Gasteiger partial charge in [-0.15, -0.1) is 0 Å². The molecule has 2 N–H and O–H groups in total. The summed E-state index contributed by atoms with van der Waals surface area (Å²) in [5, 5.41) is 6.08. The van der Waals surface area contributed by atoms with Gasteiger partial charge in [-0.3, -0.25) is 10.1 Å². The highest BCUT2D eigenvalue weighted by Gasteiger charge is 2.25. The van der Waals surface area contributed by atoms with Crippen molar-refractivity contribution >= 4 is 21.8 Å². The summed E-state index contributed by atoms with van der Waals surface area (Å²) >= 11 is 3.37. The van der Waals surface area contributed by atoms with Crippen LogP contribution in [0.5, 0.6) is 0 Å². The summed E-state index contributed by atoms with van der Waals surface area (Å²) in [6.45, 7) is 2.40. The second kappa shape index (κ2) is 5.01. The lowest BCUT2D eigenvalue weighted by Gasteiger charge is -2.12. The first-order valence-corrected chi connectivity index (χ1v) is 6.21. The van der Waals surface area contributed by atoms with E-state index in [-0.39, 0.29) is 11.9 Å². The largest absolute Gasteiger partial charge is 0.467 e. The summed E-state index contributed by atoms with van der Waals surface area (Å²) in [5.41, 5.74) is 0. The van der Waals surface area contributed by atoms with Crippen molar-refractivity contribution in [2.45, 2.75) is 38.4 Å². The van der Waals surface area contributed by atoms with Crippen LogP contribution in [0.4, 0.5) is 0 Å². The van der Waals surface area contributed by atoms with Crippen LogP contribution in [0.1, 0.15) is 25.5 Å². The summed E-state index contributed by atoms with van der Waals surface area (Å²) < 4.78 is 6.17. The Morgan fingerprint density at radius 2 is 2.44 bits per heavy atom. The molecule has 1 unspecified atom stereocenters. The van der Waals surface area contributed by atoms with Crippen LogP contribution in [-0.2, 0) is 11.3 Å². The van der Waals surface area contributed by atoms with Gasteiger partial charge in [0.2, 0.25) is 5.91 Å². The first-order valence-electron chi connectivity index (χ1n) is 5.42. The lowest BCUT2D eigenvalue weighted by Crippen LogP contribution is -2.42. The number of nitrogens with one attached hydrogen (secondary N) is 2. The van der Waals surface area contributed by atoms with E-state index in [1.54, 1.807) is 6.26 Å². The Hall–Kier alpha value is -0.810. The summed E-state index contributed by atoms with van der Waals surface area (Å²) in [6.07, 6.45) is 3.85. The third-order valence-electron chi connectivity index (χ3n) is 2.58. The molecule has 88 valence electrons. The molecule has 0 aliphatic heterocycles. The highest BCUT2D eigenvalue weighted by molar-refractivity contribution is 9.10. The molecular weight excluding hydrogens is 272 g/mol. The van der Waals surface area contributed by atoms with Crippen molar-refractivity contribution in [1.29, 1.82) is 0 Å². The molecule has 1 aliphatic rings. The van der Waals surface area contributed by atoms with Crippen molar-refractivity contribution < 1.29 is 9.21 Å². The number of rotatable bonds is 5. The van der Waals surface area contributed by atoms with E-state index in [0.29, 0.717) is 12.6 Å². The van der Waals surface area contributed by atoms with Gasteiger partial charge in [-0.1, -0.05) is 0 Å². The van der Waals surface area contributed by atoms with Crippen molar-refractivity contribution in [3.05, 3.63) is 22.6 Å². The van der Waals surface area contributed by atoms with Crippen LogP contribution < -0.4 is 10.6 Å². The third kappa shape index (κ3) is 3.09. The van der Waals surface area contributed by atoms with Crippen molar-refractivity contribution in [3.8, 4) is 0 Å². The molecular formula is C11H15BrN2O2. The number of furan rings is 1. The molecule has 1 amide bonds. The van der Waals surface area contributed by atoms with E-state index < -0.39 is 0 Å². The number of carbonyl (C=O) groups excluding carboxylic acids is 1. The van der Waals surface area contributed by atoms with E-state index in [1.165, 1.54) is 0 Å². The van der Waals surface area contributed by atoms with E-state index in [4.69, 9.17) is 4.42 Å². The zero-order valence-corrected chi connectivity index (χ0v) is 10.7. The quantitative estimate of drug-likeness (QED) is 0.868. The second-order valence-corrected chi connectivity index (χ2v) is 4.93. The van der Waals surface area contributed by atoms with Gasteiger partial charge in [-0.2, -0.15) is 0 Å². The highest BCUT2D eigenvalue weighted by atomic mass is 79.9. The molecule has 16 heavy (non-hydrogen) atoms. The van der Waals surface area contributed by atoms with Crippen molar-refractivity contribution in [3.63, 3.8) is 0 Å². The van der Waals surface area contributed by atoms with Crippen LogP contribution >= 0.6 is 15.9 Å². The molecule has 1 fully saturated rings. The van der Waals surface area contributed by atoms with Gasteiger partial charge in [0.1, 0.15) is 5.76 Å². The Balaban J connectivity index is 1.76. The number of hydrogen-bond donors (Lipinski definition) is 2. The monoisotopic (exact) mass is 286 g/mol. The van der Waals surface area contributed by atoms with Crippen LogP contribution in [0.3, 0.4) is 0 Å². The summed E-state index contributed by atoms with van der Waals surface area (Å²) in [7, 11) is 0. The maximum absolute atomic E-state index is 11.6. The first-order chi connectivity index (χ1) is 7.66. The Kier molecular flexibility index (Phi) is 3.66. The summed E-state index contributed by atoms with van der Waals surface area (Å²) in [4.78, 5) is 11.6. The van der Waals surface area contributed by atoms with Gasteiger partial charge in [-0.05, 0) is 41.8 Å². The fraction of sp³-hybridized carbons (Fsp3) is 0.545. The van der Waals surface area contributed by atoms with E-state index in [1.807, 2.05) is 13.0 Å². The van der Waals surface area contributed by atoms with Gasteiger partial charge in [0.05, 0.1) is 23.3 Å². The normalized spacial score (nSPS) is 17.1. The molecule has 0 radical (unpaired) electrons. The summed E-state index contributed by atoms with van der Waals surface area (Å²) in [5.74, 6) is 0.872. The van der Waals surface area contributed by atoms with Crippen LogP contribution in [-0.4, -0.2) is 18.0 Å². The van der Waals surface area contributed by atoms with Crippen molar-refractivity contribution in [1.82, 2.24) is 10.6 Å². The first kappa shape index (κ1) is 11.7. The van der Waals surface area contributed by atoms with E-state index in [0.717, 1.165) is 23.1 Å². The molecule has 0 aromatic carbocycles. The Morgan fingerprint density at radius 1 is 1.69 bits per heavy atom. The van der Waals surface area contributed by atoms with Crippen LogP contribution in [0, 0.1) is 0 Å². The van der Waals surface area contributed by atoms with Crippen LogP contribution in [0.15, 0.2) is 21.2 Å². The number of carbonyl (C=O) groups is 1. The zero-order chi connectivity index (χ0) is 11.5. The zero-order valence-electron chi connectivity index (χ0n) is 9.13. The lowest BCUT2D eigenvalue weighted by atomic mass is 10.3. The average Bonchev–Trinajstić information content (AvgIpc) is 2.97. The van der Waals surface area contributed by atoms with Crippen molar-refractivity contribution in [2.24, 2.45) is 0 Å². The minimum atomic E-state index is -0.197. The maximum atomic E-state index is 11.6. The molecule has 1 saturated carbocycles. The summed E-state index contributed by atoms with van der Waals surface area (Å²) in [6, 6.07) is 2.05. The topological polar surface area (TPSA) is 54.3 Å². The molecule has 0 spiro atoms. The lowest BCUT2D eigenvalue weighted by molar-refractivity contribution is -0.122. The van der Waals surface area contributed by atoms with E-state index >= 15 is 0 Å². The molecule has 1 aromatic heterocycles. The molecule has 0 bridgehead atoms. The Bertz CT molecular complexity index is 374. The molecule has 4 nitrogen and oxygen atoms in total. The third-order valence-corrected chi connectivity index (χ3v) is 3.28. The molecule has 0 saturated heterocycles. The molecule has 2 rings (SSSR count). The molecule has 1 atom stereocenters. The van der Waals surface area contributed by atoms with Gasteiger partial charge in [0, 0.05) is 6.04 Å². The minimum Gasteiger partial charge on any atom is -0.467 e. The number of hydrogen-bond acceptors (Lipinski definition) is 3. The van der Waals surface area contributed by atoms with Gasteiger partial charge < -0.3 is 9.73 Å². The SMILES string of the molecule is CC(NCc1occc1Br)C(=O)NC1CC1. The standard InChI is InChI=1S/C11H15BrN2O2/c1-7(11(15)14-8-2-3-8)13-6-10-9(12)4-5-16-10/h4-5,7-8,13H,2-3,6H2,1H3,(H,14,15). The highest BCUT2D eigenvalue weighted by Crippen LogP contribution is 2.19. The predicted octanol–water partition coefficient (Wildman–Crippen LogP) is 1.80.